The van der Waals surface area contributed by atoms with Crippen molar-refractivity contribution in [3.63, 3.8) is 0 Å². The fraction of sp³-hybridized carbons (Fsp3) is 0.409. The predicted octanol–water partition coefficient (Wildman–Crippen LogP) is 4.01. The minimum atomic E-state index is -0.432. The largest absolute Gasteiger partial charge is 0.337 e. The highest BCUT2D eigenvalue weighted by Gasteiger charge is 2.40. The number of fused-ring (bicyclic) bond motifs is 1. The molecule has 0 N–H and O–H groups in total. The molecule has 1 fully saturated rings. The SMILES string of the molecule is CN(C(=O)Cc1cccc([N+](=O)[O-])c1)C1c2ccc(Cl)cc2CC1N1CCCC1. The van der Waals surface area contributed by atoms with Crippen molar-refractivity contribution < 1.29 is 9.72 Å². The van der Waals surface area contributed by atoms with Crippen molar-refractivity contribution >= 4 is 23.2 Å². The summed E-state index contributed by atoms with van der Waals surface area (Å²) in [6, 6.07) is 12.5. The summed E-state index contributed by atoms with van der Waals surface area (Å²) in [6.07, 6.45) is 3.40. The van der Waals surface area contributed by atoms with Gasteiger partial charge in [-0.15, -0.1) is 0 Å². The Hall–Kier alpha value is -2.44. The van der Waals surface area contributed by atoms with E-state index >= 15 is 0 Å². The van der Waals surface area contributed by atoms with Gasteiger partial charge in [-0.1, -0.05) is 29.8 Å². The number of halogens is 1. The molecule has 1 aliphatic carbocycles. The summed E-state index contributed by atoms with van der Waals surface area (Å²) in [5, 5.41) is 11.7. The van der Waals surface area contributed by atoms with Crippen LogP contribution in [0.3, 0.4) is 0 Å². The number of nitrogens with zero attached hydrogens (tertiary/aromatic N) is 3. The van der Waals surface area contributed by atoms with Crippen LogP contribution in [0.4, 0.5) is 5.69 Å². The topological polar surface area (TPSA) is 66.7 Å². The number of nitro groups is 1. The van der Waals surface area contributed by atoms with E-state index < -0.39 is 4.92 Å². The van der Waals surface area contributed by atoms with Crippen molar-refractivity contribution in [1.82, 2.24) is 9.80 Å². The number of non-ortho nitro benzene ring substituents is 1. The van der Waals surface area contributed by atoms with E-state index in [1.807, 2.05) is 30.1 Å². The summed E-state index contributed by atoms with van der Waals surface area (Å²) in [7, 11) is 1.84. The van der Waals surface area contributed by atoms with Crippen molar-refractivity contribution in [2.24, 2.45) is 0 Å². The lowest BCUT2D eigenvalue weighted by Crippen LogP contribution is -2.44. The van der Waals surface area contributed by atoms with Crippen molar-refractivity contribution in [2.75, 3.05) is 20.1 Å². The molecule has 1 amide bonds. The Morgan fingerprint density at radius 1 is 1.24 bits per heavy atom. The molecule has 2 unspecified atom stereocenters. The van der Waals surface area contributed by atoms with Crippen molar-refractivity contribution in [3.05, 3.63) is 74.3 Å². The summed E-state index contributed by atoms with van der Waals surface area (Å²) in [4.78, 5) is 28.0. The first-order chi connectivity index (χ1) is 13.9. The zero-order valence-corrected chi connectivity index (χ0v) is 17.1. The fourth-order valence-corrected chi connectivity index (χ4v) is 4.88. The number of nitro benzene ring substituents is 1. The van der Waals surface area contributed by atoms with E-state index in [9.17, 15) is 14.9 Å². The Kier molecular flexibility index (Phi) is 5.56. The van der Waals surface area contributed by atoms with Gasteiger partial charge in [0.2, 0.25) is 5.91 Å². The van der Waals surface area contributed by atoms with E-state index in [0.29, 0.717) is 5.56 Å². The Labute approximate surface area is 175 Å². The molecule has 4 rings (SSSR count). The third kappa shape index (κ3) is 4.00. The van der Waals surface area contributed by atoms with E-state index in [2.05, 4.69) is 4.90 Å². The van der Waals surface area contributed by atoms with E-state index in [1.54, 1.807) is 12.1 Å². The van der Waals surface area contributed by atoms with Crippen LogP contribution in [0.1, 0.15) is 35.6 Å². The molecule has 2 aliphatic rings. The van der Waals surface area contributed by atoms with E-state index in [-0.39, 0.29) is 30.1 Å². The van der Waals surface area contributed by atoms with Crippen molar-refractivity contribution in [3.8, 4) is 0 Å². The average Bonchev–Trinajstić information content (AvgIpc) is 3.34. The van der Waals surface area contributed by atoms with Gasteiger partial charge in [0.15, 0.2) is 0 Å². The highest BCUT2D eigenvalue weighted by molar-refractivity contribution is 6.30. The van der Waals surface area contributed by atoms with Gasteiger partial charge in [0.1, 0.15) is 0 Å². The van der Waals surface area contributed by atoms with Gasteiger partial charge in [0.25, 0.3) is 5.69 Å². The summed E-state index contributed by atoms with van der Waals surface area (Å²) in [5.74, 6) is -0.0394. The first-order valence-corrected chi connectivity index (χ1v) is 10.3. The van der Waals surface area contributed by atoms with Gasteiger partial charge in [-0.2, -0.15) is 0 Å². The maximum Gasteiger partial charge on any atom is 0.269 e. The third-order valence-electron chi connectivity index (χ3n) is 6.11. The molecule has 6 nitrogen and oxygen atoms in total. The Balaban J connectivity index is 1.59. The smallest absolute Gasteiger partial charge is 0.269 e. The van der Waals surface area contributed by atoms with Crippen LogP contribution in [-0.2, 0) is 17.6 Å². The molecular formula is C22H24ClN3O3. The van der Waals surface area contributed by atoms with Crippen LogP contribution >= 0.6 is 11.6 Å². The second-order valence-corrected chi connectivity index (χ2v) is 8.35. The van der Waals surface area contributed by atoms with Gasteiger partial charge >= 0.3 is 0 Å². The van der Waals surface area contributed by atoms with E-state index in [4.69, 9.17) is 11.6 Å². The van der Waals surface area contributed by atoms with Crippen LogP contribution < -0.4 is 0 Å². The number of hydrogen-bond acceptors (Lipinski definition) is 4. The zero-order valence-electron chi connectivity index (χ0n) is 16.4. The third-order valence-corrected chi connectivity index (χ3v) is 6.35. The lowest BCUT2D eigenvalue weighted by atomic mass is 10.0. The second kappa shape index (κ2) is 8.13. The molecule has 2 aromatic carbocycles. The lowest BCUT2D eigenvalue weighted by molar-refractivity contribution is -0.384. The number of benzene rings is 2. The molecule has 2 aromatic rings. The zero-order chi connectivity index (χ0) is 20.5. The van der Waals surface area contributed by atoms with Crippen molar-refractivity contribution in [2.45, 2.75) is 37.8 Å². The number of likely N-dealkylation sites (N-methyl/N-ethyl adjacent to an activating group) is 1. The maximum atomic E-state index is 13.1. The number of amides is 1. The minimum Gasteiger partial charge on any atom is -0.337 e. The number of hydrogen-bond donors (Lipinski definition) is 0. The van der Waals surface area contributed by atoms with Crippen LogP contribution in [-0.4, -0.2) is 46.8 Å². The van der Waals surface area contributed by atoms with E-state index in [0.717, 1.165) is 30.1 Å². The number of carbonyl (C=O) groups is 1. The molecule has 29 heavy (non-hydrogen) atoms. The Morgan fingerprint density at radius 3 is 2.72 bits per heavy atom. The highest BCUT2D eigenvalue weighted by Crippen LogP contribution is 2.40. The molecule has 0 saturated carbocycles. The normalized spacial score (nSPS) is 21.2. The minimum absolute atomic E-state index is 0.00810. The van der Waals surface area contributed by atoms with Gasteiger partial charge in [-0.05, 0) is 61.2 Å². The van der Waals surface area contributed by atoms with Crippen LogP contribution in [0, 0.1) is 10.1 Å². The standard InChI is InChI=1S/C22H24ClN3O3/c1-24(21(27)12-15-5-4-6-18(11-15)26(28)29)22-19-8-7-17(23)13-16(19)14-20(22)25-9-2-3-10-25/h4-8,11,13,20,22H,2-3,9-10,12,14H2,1H3. The predicted molar refractivity (Wildman–Crippen MR) is 112 cm³/mol. The second-order valence-electron chi connectivity index (χ2n) is 7.91. The van der Waals surface area contributed by atoms with Crippen LogP contribution in [0.2, 0.25) is 5.02 Å². The molecular weight excluding hydrogens is 390 g/mol. The molecule has 1 saturated heterocycles. The van der Waals surface area contributed by atoms with Gasteiger partial charge < -0.3 is 4.90 Å². The molecule has 7 heteroatoms. The Morgan fingerprint density at radius 2 is 2.00 bits per heavy atom. The molecule has 0 radical (unpaired) electrons. The first kappa shape index (κ1) is 19.9. The molecule has 2 atom stereocenters. The first-order valence-electron chi connectivity index (χ1n) is 9.95. The highest BCUT2D eigenvalue weighted by atomic mass is 35.5. The summed E-state index contributed by atoms with van der Waals surface area (Å²) in [6.45, 7) is 2.10. The summed E-state index contributed by atoms with van der Waals surface area (Å²) < 4.78 is 0. The average molecular weight is 414 g/mol. The summed E-state index contributed by atoms with van der Waals surface area (Å²) >= 11 is 6.22. The number of likely N-dealkylation sites (tertiary alicyclic amines) is 1. The molecule has 0 spiro atoms. The quantitative estimate of drug-likeness (QED) is 0.548. The maximum absolute atomic E-state index is 13.1. The van der Waals surface area contributed by atoms with Gasteiger partial charge in [-0.25, -0.2) is 0 Å². The lowest BCUT2D eigenvalue weighted by Gasteiger charge is -2.35. The fourth-order valence-electron chi connectivity index (χ4n) is 4.69. The van der Waals surface area contributed by atoms with Gasteiger partial charge in [0.05, 0.1) is 17.4 Å². The number of rotatable bonds is 5. The monoisotopic (exact) mass is 413 g/mol. The van der Waals surface area contributed by atoms with E-state index in [1.165, 1.54) is 30.5 Å². The molecule has 0 aromatic heterocycles. The van der Waals surface area contributed by atoms with Gasteiger partial charge in [0, 0.05) is 30.2 Å². The van der Waals surface area contributed by atoms with Gasteiger partial charge in [-0.3, -0.25) is 19.8 Å². The van der Waals surface area contributed by atoms with Crippen LogP contribution in [0.5, 0.6) is 0 Å². The molecule has 1 heterocycles. The molecule has 1 aliphatic heterocycles. The Bertz CT molecular complexity index is 943. The van der Waals surface area contributed by atoms with Crippen LogP contribution in [0.15, 0.2) is 42.5 Å². The summed E-state index contributed by atoms with van der Waals surface area (Å²) in [5.41, 5.74) is 3.02. The number of carbonyl (C=O) groups excluding carboxylic acids is 1. The molecule has 0 bridgehead atoms. The molecule has 152 valence electrons. The van der Waals surface area contributed by atoms with Crippen molar-refractivity contribution in [1.29, 1.82) is 0 Å². The van der Waals surface area contributed by atoms with Crippen LogP contribution in [0.25, 0.3) is 0 Å².